The Balaban J connectivity index is 1.92. The van der Waals surface area contributed by atoms with Gasteiger partial charge in [-0.25, -0.2) is 0 Å². The van der Waals surface area contributed by atoms with Gasteiger partial charge in [0.1, 0.15) is 11.5 Å². The number of aromatic hydroxyl groups is 1. The molecule has 0 spiro atoms. The standard InChI is InChI=1S/C19H25NO3/c1-13(2)23-17-9-5-7-15(10-17)18(21)12-20-11-16-8-4-6-14(3)19(16)22/h4-10,13,18,20-22H,11-12H2,1-3H3. The van der Waals surface area contributed by atoms with E-state index in [-0.39, 0.29) is 6.10 Å². The molecule has 23 heavy (non-hydrogen) atoms. The highest BCUT2D eigenvalue weighted by Crippen LogP contribution is 2.22. The number of benzene rings is 2. The number of hydrogen-bond acceptors (Lipinski definition) is 4. The second-order valence-electron chi connectivity index (χ2n) is 5.97. The summed E-state index contributed by atoms with van der Waals surface area (Å²) >= 11 is 0. The second kappa shape index (κ2) is 7.99. The van der Waals surface area contributed by atoms with Crippen LogP contribution >= 0.6 is 0 Å². The number of phenolic OH excluding ortho intramolecular Hbond substituents is 1. The van der Waals surface area contributed by atoms with E-state index in [0.717, 1.165) is 22.4 Å². The Hall–Kier alpha value is -2.04. The van der Waals surface area contributed by atoms with Crippen LogP contribution in [0.25, 0.3) is 0 Å². The number of para-hydroxylation sites is 1. The summed E-state index contributed by atoms with van der Waals surface area (Å²) in [5.74, 6) is 1.06. The van der Waals surface area contributed by atoms with Crippen LogP contribution in [-0.4, -0.2) is 22.9 Å². The van der Waals surface area contributed by atoms with Crippen molar-refractivity contribution in [3.8, 4) is 11.5 Å². The molecule has 0 bridgehead atoms. The molecule has 4 nitrogen and oxygen atoms in total. The third kappa shape index (κ3) is 4.98. The van der Waals surface area contributed by atoms with Crippen molar-refractivity contribution in [1.82, 2.24) is 5.32 Å². The number of rotatable bonds is 7. The van der Waals surface area contributed by atoms with Gasteiger partial charge in [-0.3, -0.25) is 0 Å². The lowest BCUT2D eigenvalue weighted by Crippen LogP contribution is -2.21. The topological polar surface area (TPSA) is 61.7 Å². The van der Waals surface area contributed by atoms with Gasteiger partial charge in [0, 0.05) is 18.7 Å². The van der Waals surface area contributed by atoms with Crippen LogP contribution in [0.4, 0.5) is 0 Å². The fourth-order valence-corrected chi connectivity index (χ4v) is 2.39. The Morgan fingerprint density at radius 2 is 1.87 bits per heavy atom. The second-order valence-corrected chi connectivity index (χ2v) is 5.97. The molecule has 1 atom stereocenters. The predicted octanol–water partition coefficient (Wildman–Crippen LogP) is 3.31. The molecule has 0 heterocycles. The van der Waals surface area contributed by atoms with Gasteiger partial charge in [0.15, 0.2) is 0 Å². The third-order valence-corrected chi connectivity index (χ3v) is 3.59. The molecule has 0 fully saturated rings. The normalized spacial score (nSPS) is 12.4. The van der Waals surface area contributed by atoms with E-state index in [1.807, 2.05) is 63.2 Å². The minimum Gasteiger partial charge on any atom is -0.507 e. The molecule has 124 valence electrons. The van der Waals surface area contributed by atoms with Gasteiger partial charge in [0.25, 0.3) is 0 Å². The number of hydrogen-bond donors (Lipinski definition) is 3. The maximum Gasteiger partial charge on any atom is 0.122 e. The number of aryl methyl sites for hydroxylation is 1. The van der Waals surface area contributed by atoms with Crippen LogP contribution in [0.3, 0.4) is 0 Å². The van der Waals surface area contributed by atoms with Gasteiger partial charge >= 0.3 is 0 Å². The van der Waals surface area contributed by atoms with E-state index >= 15 is 0 Å². The number of phenols is 1. The zero-order valence-corrected chi connectivity index (χ0v) is 13.9. The first-order valence-corrected chi connectivity index (χ1v) is 7.90. The van der Waals surface area contributed by atoms with E-state index in [1.165, 1.54) is 0 Å². The highest BCUT2D eigenvalue weighted by atomic mass is 16.5. The molecule has 1 unspecified atom stereocenters. The van der Waals surface area contributed by atoms with Gasteiger partial charge in [0.2, 0.25) is 0 Å². The Morgan fingerprint density at radius 1 is 1.13 bits per heavy atom. The maximum atomic E-state index is 10.3. The smallest absolute Gasteiger partial charge is 0.122 e. The maximum absolute atomic E-state index is 10.3. The van der Waals surface area contributed by atoms with Crippen LogP contribution < -0.4 is 10.1 Å². The molecule has 4 heteroatoms. The summed E-state index contributed by atoms with van der Waals surface area (Å²) < 4.78 is 5.64. The van der Waals surface area contributed by atoms with Crippen molar-refractivity contribution in [1.29, 1.82) is 0 Å². The van der Waals surface area contributed by atoms with Gasteiger partial charge < -0.3 is 20.3 Å². The fraction of sp³-hybridized carbons (Fsp3) is 0.368. The van der Waals surface area contributed by atoms with Crippen molar-refractivity contribution in [2.24, 2.45) is 0 Å². The van der Waals surface area contributed by atoms with Crippen LogP contribution in [-0.2, 0) is 6.54 Å². The molecule has 2 aromatic rings. The first-order valence-electron chi connectivity index (χ1n) is 7.90. The molecular weight excluding hydrogens is 290 g/mol. The van der Waals surface area contributed by atoms with E-state index < -0.39 is 6.10 Å². The molecular formula is C19H25NO3. The van der Waals surface area contributed by atoms with E-state index in [1.54, 1.807) is 0 Å². The molecule has 2 rings (SSSR count). The van der Waals surface area contributed by atoms with E-state index in [0.29, 0.717) is 18.8 Å². The largest absolute Gasteiger partial charge is 0.507 e. The van der Waals surface area contributed by atoms with Crippen LogP contribution in [0.5, 0.6) is 11.5 Å². The zero-order valence-electron chi connectivity index (χ0n) is 13.9. The number of ether oxygens (including phenoxy) is 1. The molecule has 0 saturated carbocycles. The summed E-state index contributed by atoms with van der Waals surface area (Å²) in [7, 11) is 0. The predicted molar refractivity (Wildman–Crippen MR) is 91.7 cm³/mol. The average molecular weight is 315 g/mol. The quantitative estimate of drug-likeness (QED) is 0.733. The van der Waals surface area contributed by atoms with E-state index in [2.05, 4.69) is 5.32 Å². The van der Waals surface area contributed by atoms with Crippen molar-refractivity contribution in [3.05, 3.63) is 59.2 Å². The van der Waals surface area contributed by atoms with E-state index in [4.69, 9.17) is 4.74 Å². The van der Waals surface area contributed by atoms with Crippen molar-refractivity contribution >= 4 is 0 Å². The Morgan fingerprint density at radius 3 is 2.61 bits per heavy atom. The third-order valence-electron chi connectivity index (χ3n) is 3.59. The van der Waals surface area contributed by atoms with Gasteiger partial charge in [0.05, 0.1) is 12.2 Å². The molecule has 0 amide bonds. The average Bonchev–Trinajstić information content (AvgIpc) is 2.51. The summed E-state index contributed by atoms with van der Waals surface area (Å²) in [6.07, 6.45) is -0.525. The van der Waals surface area contributed by atoms with Crippen molar-refractivity contribution < 1.29 is 14.9 Å². The van der Waals surface area contributed by atoms with Crippen LogP contribution in [0.1, 0.15) is 36.6 Å². The molecule has 0 aliphatic heterocycles. The number of nitrogens with one attached hydrogen (secondary N) is 1. The monoisotopic (exact) mass is 315 g/mol. The molecule has 0 radical (unpaired) electrons. The molecule has 0 aliphatic carbocycles. The van der Waals surface area contributed by atoms with Crippen molar-refractivity contribution in [3.63, 3.8) is 0 Å². The van der Waals surface area contributed by atoms with Gasteiger partial charge in [-0.15, -0.1) is 0 Å². The lowest BCUT2D eigenvalue weighted by Gasteiger charge is -2.15. The van der Waals surface area contributed by atoms with Crippen LogP contribution in [0.15, 0.2) is 42.5 Å². The summed E-state index contributed by atoms with van der Waals surface area (Å²) in [6.45, 7) is 6.72. The van der Waals surface area contributed by atoms with Gasteiger partial charge in [-0.2, -0.15) is 0 Å². The molecule has 0 saturated heterocycles. The summed E-state index contributed by atoms with van der Waals surface area (Å²) in [4.78, 5) is 0. The van der Waals surface area contributed by atoms with E-state index in [9.17, 15) is 10.2 Å². The molecule has 0 aliphatic rings. The zero-order chi connectivity index (χ0) is 16.8. The van der Waals surface area contributed by atoms with Gasteiger partial charge in [-0.1, -0.05) is 30.3 Å². The Labute approximate surface area is 137 Å². The lowest BCUT2D eigenvalue weighted by atomic mass is 10.1. The molecule has 2 aromatic carbocycles. The summed E-state index contributed by atoms with van der Waals surface area (Å²) in [5.41, 5.74) is 2.49. The van der Waals surface area contributed by atoms with Crippen molar-refractivity contribution in [2.75, 3.05) is 6.54 Å². The summed E-state index contributed by atoms with van der Waals surface area (Å²) in [5, 5.41) is 23.5. The minimum atomic E-state index is -0.627. The fourth-order valence-electron chi connectivity index (χ4n) is 2.39. The number of aliphatic hydroxyl groups is 1. The Kier molecular flexibility index (Phi) is 6.02. The highest BCUT2D eigenvalue weighted by molar-refractivity contribution is 5.39. The highest BCUT2D eigenvalue weighted by Gasteiger charge is 2.10. The molecule has 3 N–H and O–H groups in total. The SMILES string of the molecule is Cc1cccc(CNCC(O)c2cccc(OC(C)C)c2)c1O. The minimum absolute atomic E-state index is 0.102. The van der Waals surface area contributed by atoms with Crippen molar-refractivity contribution in [2.45, 2.75) is 39.5 Å². The first kappa shape index (κ1) is 17.3. The van der Waals surface area contributed by atoms with Crippen LogP contribution in [0, 0.1) is 6.92 Å². The Bertz CT molecular complexity index is 640. The first-order chi connectivity index (χ1) is 11.0. The lowest BCUT2D eigenvalue weighted by molar-refractivity contribution is 0.173. The van der Waals surface area contributed by atoms with Crippen LogP contribution in [0.2, 0.25) is 0 Å². The summed E-state index contributed by atoms with van der Waals surface area (Å²) in [6, 6.07) is 13.2. The molecule has 0 aromatic heterocycles. The number of aliphatic hydroxyl groups excluding tert-OH is 1. The van der Waals surface area contributed by atoms with Gasteiger partial charge in [-0.05, 0) is 44.0 Å².